The first-order valence-electron chi connectivity index (χ1n) is 9.19. The first-order valence-corrected chi connectivity index (χ1v) is 9.19. The molecule has 0 radical (unpaired) electrons. The molecule has 0 saturated heterocycles. The normalized spacial score (nSPS) is 18.3. The summed E-state index contributed by atoms with van der Waals surface area (Å²) in [5.74, 6) is 4.53. The van der Waals surface area contributed by atoms with Crippen molar-refractivity contribution in [3.8, 4) is 17.6 Å². The number of hydrogen-bond acceptors (Lipinski definition) is 4. The smallest absolute Gasteiger partial charge is 0.387 e. The number of alkyl halides is 2. The van der Waals surface area contributed by atoms with Gasteiger partial charge in [0.05, 0.1) is 5.56 Å². The Kier molecular flexibility index (Phi) is 5.74. The van der Waals surface area contributed by atoms with Gasteiger partial charge in [0.1, 0.15) is 11.6 Å². The van der Waals surface area contributed by atoms with Crippen molar-refractivity contribution in [1.82, 2.24) is 4.90 Å². The fourth-order valence-electron chi connectivity index (χ4n) is 3.32. The summed E-state index contributed by atoms with van der Waals surface area (Å²) in [6, 6.07) is 8.47. The number of nitrogens with zero attached hydrogens (tertiary/aromatic N) is 2. The van der Waals surface area contributed by atoms with Crippen LogP contribution in [0.1, 0.15) is 35.6 Å². The zero-order chi connectivity index (χ0) is 22.1. The zero-order valence-corrected chi connectivity index (χ0v) is 16.7. The lowest BCUT2D eigenvalue weighted by Gasteiger charge is -2.27. The summed E-state index contributed by atoms with van der Waals surface area (Å²) >= 11 is 0. The van der Waals surface area contributed by atoms with E-state index in [9.17, 15) is 18.0 Å². The molecule has 0 bridgehead atoms. The van der Waals surface area contributed by atoms with Crippen molar-refractivity contribution in [2.45, 2.75) is 32.4 Å². The molecule has 2 aromatic carbocycles. The number of guanidine groups is 1. The molecule has 0 spiro atoms. The molecule has 0 aliphatic carbocycles. The molecule has 30 heavy (non-hydrogen) atoms. The largest absolute Gasteiger partial charge is 0.435 e. The van der Waals surface area contributed by atoms with Gasteiger partial charge < -0.3 is 10.5 Å². The molecule has 1 heterocycles. The van der Waals surface area contributed by atoms with Crippen molar-refractivity contribution >= 4 is 11.9 Å². The molecule has 5 nitrogen and oxygen atoms in total. The minimum absolute atomic E-state index is 0.0175. The summed E-state index contributed by atoms with van der Waals surface area (Å²) in [5.41, 5.74) is 5.60. The predicted octanol–water partition coefficient (Wildman–Crippen LogP) is 3.53. The monoisotopic (exact) mass is 415 g/mol. The van der Waals surface area contributed by atoms with Gasteiger partial charge in [-0.15, -0.1) is 0 Å². The Bertz CT molecular complexity index is 1090. The number of ether oxygens (including phenoxy) is 1. The van der Waals surface area contributed by atoms with Crippen LogP contribution in [0.5, 0.6) is 5.75 Å². The fraction of sp³-hybridized carbons (Fsp3) is 0.273. The van der Waals surface area contributed by atoms with Gasteiger partial charge >= 0.3 is 6.61 Å². The number of aliphatic imine (C=N–C) groups is 1. The number of aryl methyl sites for hydroxylation is 1. The van der Waals surface area contributed by atoms with E-state index in [1.54, 1.807) is 6.92 Å². The topological polar surface area (TPSA) is 67.9 Å². The second kappa shape index (κ2) is 8.11. The Labute approximate surface area is 172 Å². The van der Waals surface area contributed by atoms with E-state index in [1.807, 2.05) is 6.92 Å². The molecule has 8 heteroatoms. The maximum absolute atomic E-state index is 14.3. The summed E-state index contributed by atoms with van der Waals surface area (Å²) in [6.07, 6.45) is 0.534. The number of likely N-dealkylation sites (N-methyl/N-ethyl adjacent to an activating group) is 1. The van der Waals surface area contributed by atoms with Crippen LogP contribution in [0.3, 0.4) is 0 Å². The molecule has 0 aromatic heterocycles. The Hall–Kier alpha value is -3.47. The Morgan fingerprint density at radius 1 is 1.23 bits per heavy atom. The van der Waals surface area contributed by atoms with Crippen LogP contribution in [-0.4, -0.2) is 30.4 Å². The van der Waals surface area contributed by atoms with E-state index in [1.165, 1.54) is 48.3 Å². The molecule has 1 atom stereocenters. The van der Waals surface area contributed by atoms with Crippen LogP contribution in [0.15, 0.2) is 41.4 Å². The lowest BCUT2D eigenvalue weighted by molar-refractivity contribution is -0.129. The molecule has 0 saturated carbocycles. The van der Waals surface area contributed by atoms with Crippen molar-refractivity contribution in [3.63, 3.8) is 0 Å². The molecule has 2 aromatic rings. The van der Waals surface area contributed by atoms with E-state index in [-0.39, 0.29) is 17.3 Å². The van der Waals surface area contributed by atoms with Gasteiger partial charge in [0.15, 0.2) is 11.5 Å². The van der Waals surface area contributed by atoms with Gasteiger partial charge in [-0.2, -0.15) is 8.78 Å². The highest BCUT2D eigenvalue weighted by molar-refractivity contribution is 6.09. The van der Waals surface area contributed by atoms with Crippen LogP contribution in [0.25, 0.3) is 0 Å². The summed E-state index contributed by atoms with van der Waals surface area (Å²) in [7, 11) is 1.48. The van der Waals surface area contributed by atoms with E-state index in [0.717, 1.165) is 0 Å². The lowest BCUT2D eigenvalue weighted by Crippen LogP contribution is -2.41. The average Bonchev–Trinajstić information content (AvgIpc) is 2.93. The standard InChI is InChI=1S/C22H20F3N3O2/c1-4-5-6-14-12-16(7-9-17(14)23)22(19(29)28(3)21(26)27-22)15-8-10-18(13(2)11-15)30-20(24)25/h7-12,20H,4H2,1-3H3,(H2,26,27)/t22-/m1/s1. The molecule has 0 unspecified atom stereocenters. The van der Waals surface area contributed by atoms with E-state index < -0.39 is 23.9 Å². The van der Waals surface area contributed by atoms with Crippen LogP contribution < -0.4 is 10.5 Å². The van der Waals surface area contributed by atoms with Gasteiger partial charge in [-0.25, -0.2) is 9.38 Å². The third-order valence-electron chi connectivity index (χ3n) is 4.83. The number of benzene rings is 2. The summed E-state index contributed by atoms with van der Waals surface area (Å²) in [5, 5.41) is 0. The Balaban J connectivity index is 2.23. The highest BCUT2D eigenvalue weighted by Gasteiger charge is 2.49. The van der Waals surface area contributed by atoms with Gasteiger partial charge in [0.25, 0.3) is 5.91 Å². The van der Waals surface area contributed by atoms with Gasteiger partial charge in [0.2, 0.25) is 0 Å². The number of carbonyl (C=O) groups excluding carboxylic acids is 1. The highest BCUT2D eigenvalue weighted by Crippen LogP contribution is 2.41. The number of hydrogen-bond donors (Lipinski definition) is 1. The molecule has 1 aliphatic heterocycles. The fourth-order valence-corrected chi connectivity index (χ4v) is 3.32. The molecular formula is C22H20F3N3O2. The summed E-state index contributed by atoms with van der Waals surface area (Å²) in [4.78, 5) is 18.9. The number of carbonyl (C=O) groups is 1. The maximum atomic E-state index is 14.3. The third-order valence-corrected chi connectivity index (χ3v) is 4.83. The van der Waals surface area contributed by atoms with E-state index >= 15 is 0 Å². The number of halogens is 3. The molecule has 2 N–H and O–H groups in total. The van der Waals surface area contributed by atoms with Crippen molar-refractivity contribution < 1.29 is 22.7 Å². The van der Waals surface area contributed by atoms with Gasteiger partial charge in [-0.1, -0.05) is 30.9 Å². The third kappa shape index (κ3) is 3.59. The number of nitrogens with two attached hydrogens (primary N) is 1. The Morgan fingerprint density at radius 2 is 1.90 bits per heavy atom. The van der Waals surface area contributed by atoms with Crippen molar-refractivity contribution in [3.05, 3.63) is 64.5 Å². The molecule has 3 rings (SSSR count). The minimum atomic E-state index is -2.98. The first kappa shape index (κ1) is 21.2. The van der Waals surface area contributed by atoms with Gasteiger partial charge in [0, 0.05) is 13.5 Å². The lowest BCUT2D eigenvalue weighted by atomic mass is 9.81. The van der Waals surface area contributed by atoms with E-state index in [2.05, 4.69) is 21.6 Å². The van der Waals surface area contributed by atoms with Crippen molar-refractivity contribution in [2.24, 2.45) is 10.7 Å². The summed E-state index contributed by atoms with van der Waals surface area (Å²) in [6.45, 7) is 0.435. The average molecular weight is 415 g/mol. The predicted molar refractivity (Wildman–Crippen MR) is 107 cm³/mol. The number of amides is 1. The van der Waals surface area contributed by atoms with Gasteiger partial charge in [-0.05, 0) is 47.9 Å². The van der Waals surface area contributed by atoms with Crippen molar-refractivity contribution in [2.75, 3.05) is 7.05 Å². The van der Waals surface area contributed by atoms with Crippen molar-refractivity contribution in [1.29, 1.82) is 0 Å². The van der Waals surface area contributed by atoms with Crippen LogP contribution in [-0.2, 0) is 10.3 Å². The SMILES string of the molecule is CCC#Cc1cc([C@@]2(c3ccc(OC(F)F)c(C)c3)N=C(N)N(C)C2=O)ccc1F. The number of rotatable bonds is 4. The van der Waals surface area contributed by atoms with E-state index in [0.29, 0.717) is 23.1 Å². The molecule has 0 fully saturated rings. The summed E-state index contributed by atoms with van der Waals surface area (Å²) < 4.78 is 44.0. The molecule has 1 amide bonds. The van der Waals surface area contributed by atoms with Crippen LogP contribution >= 0.6 is 0 Å². The van der Waals surface area contributed by atoms with Gasteiger partial charge in [-0.3, -0.25) is 9.69 Å². The second-order valence-electron chi connectivity index (χ2n) is 6.75. The maximum Gasteiger partial charge on any atom is 0.387 e. The zero-order valence-electron chi connectivity index (χ0n) is 16.7. The minimum Gasteiger partial charge on any atom is -0.435 e. The molecule has 1 aliphatic rings. The molecular weight excluding hydrogens is 395 g/mol. The highest BCUT2D eigenvalue weighted by atomic mass is 19.3. The quantitative estimate of drug-likeness (QED) is 0.777. The Morgan fingerprint density at radius 3 is 2.47 bits per heavy atom. The van der Waals surface area contributed by atoms with E-state index in [4.69, 9.17) is 5.73 Å². The van der Waals surface area contributed by atoms with Crippen LogP contribution in [0.4, 0.5) is 13.2 Å². The second-order valence-corrected chi connectivity index (χ2v) is 6.75. The first-order chi connectivity index (χ1) is 14.2. The van der Waals surface area contributed by atoms with Crippen LogP contribution in [0.2, 0.25) is 0 Å². The molecule has 156 valence electrons. The van der Waals surface area contributed by atoms with Crippen LogP contribution in [0, 0.1) is 24.6 Å².